The summed E-state index contributed by atoms with van der Waals surface area (Å²) in [5.74, 6) is 0.526. The Kier molecular flexibility index (Phi) is 4.20. The van der Waals surface area contributed by atoms with E-state index in [-0.39, 0.29) is 5.16 Å². The molecule has 0 radical (unpaired) electrons. The topological polar surface area (TPSA) is 90.9 Å². The fraction of sp³-hybridized carbons (Fsp3) is 0.385. The van der Waals surface area contributed by atoms with Gasteiger partial charge in [0.15, 0.2) is 5.82 Å². The van der Waals surface area contributed by atoms with Crippen molar-refractivity contribution >= 4 is 10.0 Å². The number of nitrogens with two attached hydrogens (primary N) is 1. The van der Waals surface area contributed by atoms with E-state index in [2.05, 4.69) is 17.1 Å². The summed E-state index contributed by atoms with van der Waals surface area (Å²) in [6.45, 7) is 4.54. The number of nitrogens with zero attached hydrogens (tertiary/aromatic N) is 3. The Morgan fingerprint density at radius 1 is 1.15 bits per heavy atom. The van der Waals surface area contributed by atoms with Crippen LogP contribution in [0.5, 0.6) is 0 Å². The lowest BCUT2D eigenvalue weighted by molar-refractivity contribution is 0.559. The van der Waals surface area contributed by atoms with Gasteiger partial charge in [0.1, 0.15) is 0 Å². The second kappa shape index (κ2) is 5.72. The first-order valence-corrected chi connectivity index (χ1v) is 8.07. The van der Waals surface area contributed by atoms with E-state index in [1.807, 2.05) is 31.2 Å². The molecule has 2 aromatic rings. The van der Waals surface area contributed by atoms with Crippen LogP contribution in [0, 0.1) is 0 Å². The van der Waals surface area contributed by atoms with Crippen molar-refractivity contribution < 1.29 is 8.42 Å². The van der Waals surface area contributed by atoms with Gasteiger partial charge in [-0.2, -0.15) is 0 Å². The molecule has 1 aromatic carbocycles. The van der Waals surface area contributed by atoms with E-state index in [9.17, 15) is 8.42 Å². The number of benzene rings is 1. The second-order valence-corrected chi connectivity index (χ2v) is 6.01. The van der Waals surface area contributed by atoms with E-state index in [0.29, 0.717) is 12.4 Å². The molecule has 2 N–H and O–H groups in total. The lowest BCUT2D eigenvalue weighted by atomic mass is 10.1. The fourth-order valence-electron chi connectivity index (χ4n) is 2.03. The van der Waals surface area contributed by atoms with Gasteiger partial charge in [-0.1, -0.05) is 38.1 Å². The van der Waals surface area contributed by atoms with Crippen LogP contribution in [0.4, 0.5) is 0 Å². The third kappa shape index (κ3) is 2.88. The van der Waals surface area contributed by atoms with Crippen LogP contribution in [-0.2, 0) is 23.0 Å². The van der Waals surface area contributed by atoms with E-state index < -0.39 is 10.0 Å². The van der Waals surface area contributed by atoms with Crippen molar-refractivity contribution in [2.75, 3.05) is 0 Å². The number of sulfonamides is 1. The first-order chi connectivity index (χ1) is 9.47. The van der Waals surface area contributed by atoms with Crippen LogP contribution in [0.25, 0.3) is 11.4 Å². The van der Waals surface area contributed by atoms with E-state index in [1.165, 1.54) is 5.56 Å². The summed E-state index contributed by atoms with van der Waals surface area (Å²) >= 11 is 0. The quantitative estimate of drug-likeness (QED) is 0.906. The van der Waals surface area contributed by atoms with Gasteiger partial charge < -0.3 is 0 Å². The summed E-state index contributed by atoms with van der Waals surface area (Å²) in [5, 5.41) is 12.7. The highest BCUT2D eigenvalue weighted by Gasteiger charge is 2.21. The Morgan fingerprint density at radius 3 is 2.30 bits per heavy atom. The van der Waals surface area contributed by atoms with Gasteiger partial charge in [0.05, 0.1) is 0 Å². The average molecular weight is 294 g/mol. The van der Waals surface area contributed by atoms with Crippen molar-refractivity contribution in [3.63, 3.8) is 0 Å². The van der Waals surface area contributed by atoms with Gasteiger partial charge in [0.2, 0.25) is 0 Å². The molecule has 0 aliphatic rings. The Labute approximate surface area is 118 Å². The normalized spacial score (nSPS) is 11.8. The van der Waals surface area contributed by atoms with Crippen LogP contribution in [-0.4, -0.2) is 23.2 Å². The lowest BCUT2D eigenvalue weighted by Crippen LogP contribution is -2.19. The molecule has 2 rings (SSSR count). The standard InChI is InChI=1S/C13H18N4O2S/c1-3-9-17-12(15-16-13(17)20(14,18)19)11-7-5-10(4-2)6-8-11/h5-8H,3-4,9H2,1-2H3,(H2,14,18,19). The molecule has 20 heavy (non-hydrogen) atoms. The monoisotopic (exact) mass is 294 g/mol. The van der Waals surface area contributed by atoms with Crippen LogP contribution in [0.1, 0.15) is 25.8 Å². The summed E-state index contributed by atoms with van der Waals surface area (Å²) in [7, 11) is -3.87. The molecule has 0 unspecified atom stereocenters. The number of primary sulfonamides is 1. The number of hydrogen-bond acceptors (Lipinski definition) is 4. The van der Waals surface area contributed by atoms with Crippen LogP contribution >= 0.6 is 0 Å². The molecule has 0 atom stereocenters. The Balaban J connectivity index is 2.53. The smallest absolute Gasteiger partial charge is 0.273 e. The molecular weight excluding hydrogens is 276 g/mol. The first-order valence-electron chi connectivity index (χ1n) is 6.52. The Hall–Kier alpha value is -1.73. The second-order valence-electron chi connectivity index (χ2n) is 4.55. The molecule has 1 aromatic heterocycles. The van der Waals surface area contributed by atoms with Gasteiger partial charge in [0, 0.05) is 12.1 Å². The molecule has 0 spiro atoms. The Morgan fingerprint density at radius 2 is 1.80 bits per heavy atom. The zero-order chi connectivity index (χ0) is 14.8. The summed E-state index contributed by atoms with van der Waals surface area (Å²) in [6.07, 6.45) is 1.71. The van der Waals surface area contributed by atoms with Gasteiger partial charge in [0.25, 0.3) is 15.2 Å². The van der Waals surface area contributed by atoms with E-state index in [1.54, 1.807) is 4.57 Å². The molecule has 0 saturated carbocycles. The molecule has 108 valence electrons. The highest BCUT2D eigenvalue weighted by Crippen LogP contribution is 2.21. The number of hydrogen-bond donors (Lipinski definition) is 1. The predicted octanol–water partition coefficient (Wildman–Crippen LogP) is 1.56. The third-order valence-corrected chi connectivity index (χ3v) is 3.85. The van der Waals surface area contributed by atoms with Gasteiger partial charge in [-0.15, -0.1) is 10.2 Å². The summed E-state index contributed by atoms with van der Waals surface area (Å²) in [4.78, 5) is 0. The summed E-state index contributed by atoms with van der Waals surface area (Å²) in [5.41, 5.74) is 2.04. The van der Waals surface area contributed by atoms with Crippen molar-refractivity contribution in [1.29, 1.82) is 0 Å². The van der Waals surface area contributed by atoms with Gasteiger partial charge in [-0.3, -0.25) is 4.57 Å². The fourth-order valence-corrected chi connectivity index (χ4v) is 2.67. The van der Waals surface area contributed by atoms with Crippen LogP contribution in [0.3, 0.4) is 0 Å². The van der Waals surface area contributed by atoms with Gasteiger partial charge in [-0.25, -0.2) is 13.6 Å². The van der Waals surface area contributed by atoms with Crippen molar-refractivity contribution in [3.8, 4) is 11.4 Å². The van der Waals surface area contributed by atoms with E-state index >= 15 is 0 Å². The number of aryl methyl sites for hydroxylation is 1. The third-order valence-electron chi connectivity index (χ3n) is 3.04. The SMILES string of the molecule is CCCn1c(-c2ccc(CC)cc2)nnc1S(N)(=O)=O. The zero-order valence-electron chi connectivity index (χ0n) is 11.6. The maximum absolute atomic E-state index is 11.5. The van der Waals surface area contributed by atoms with Gasteiger partial charge in [-0.05, 0) is 18.4 Å². The minimum absolute atomic E-state index is 0.186. The molecule has 0 aliphatic carbocycles. The molecule has 7 heteroatoms. The van der Waals surface area contributed by atoms with Gasteiger partial charge >= 0.3 is 0 Å². The average Bonchev–Trinajstić information content (AvgIpc) is 2.83. The molecule has 0 fully saturated rings. The predicted molar refractivity (Wildman–Crippen MR) is 76.5 cm³/mol. The summed E-state index contributed by atoms with van der Waals surface area (Å²) in [6, 6.07) is 7.83. The maximum Gasteiger partial charge on any atom is 0.273 e. The van der Waals surface area contributed by atoms with Crippen LogP contribution < -0.4 is 5.14 Å². The highest BCUT2D eigenvalue weighted by molar-refractivity contribution is 7.89. The molecule has 1 heterocycles. The summed E-state index contributed by atoms with van der Waals surface area (Å²) < 4.78 is 24.6. The molecule has 0 amide bonds. The lowest BCUT2D eigenvalue weighted by Gasteiger charge is -2.08. The van der Waals surface area contributed by atoms with Crippen molar-refractivity contribution in [2.24, 2.45) is 5.14 Å². The number of rotatable bonds is 5. The van der Waals surface area contributed by atoms with E-state index in [0.717, 1.165) is 18.4 Å². The van der Waals surface area contributed by atoms with Crippen molar-refractivity contribution in [1.82, 2.24) is 14.8 Å². The number of aromatic nitrogens is 3. The van der Waals surface area contributed by atoms with Crippen LogP contribution in [0.15, 0.2) is 29.4 Å². The molecule has 6 nitrogen and oxygen atoms in total. The molecular formula is C13H18N4O2S. The Bertz CT molecular complexity index is 690. The largest absolute Gasteiger partial charge is 0.297 e. The first kappa shape index (κ1) is 14.7. The zero-order valence-corrected chi connectivity index (χ0v) is 12.4. The molecule has 0 aliphatic heterocycles. The van der Waals surface area contributed by atoms with Crippen LogP contribution in [0.2, 0.25) is 0 Å². The molecule has 0 bridgehead atoms. The highest BCUT2D eigenvalue weighted by atomic mass is 32.2. The minimum Gasteiger partial charge on any atom is -0.297 e. The minimum atomic E-state index is -3.87. The molecule has 0 saturated heterocycles. The van der Waals surface area contributed by atoms with Crippen molar-refractivity contribution in [2.45, 2.75) is 38.4 Å². The maximum atomic E-state index is 11.5. The van der Waals surface area contributed by atoms with Crippen molar-refractivity contribution in [3.05, 3.63) is 29.8 Å². The van der Waals surface area contributed by atoms with E-state index in [4.69, 9.17) is 5.14 Å².